The van der Waals surface area contributed by atoms with E-state index in [1.54, 1.807) is 18.2 Å². The number of nitrogens with one attached hydrogen (secondary N) is 1. The number of amides is 1. The van der Waals surface area contributed by atoms with Gasteiger partial charge in [-0.2, -0.15) is 0 Å². The summed E-state index contributed by atoms with van der Waals surface area (Å²) < 4.78 is 24.4. The Morgan fingerprint density at radius 3 is 2.72 bits per heavy atom. The number of benzene rings is 3. The molecule has 1 heterocycles. The second-order valence-electron chi connectivity index (χ2n) is 7.18. The number of fused-ring (bicyclic) bond motifs is 1. The van der Waals surface area contributed by atoms with Crippen molar-refractivity contribution in [3.8, 4) is 5.75 Å². The minimum atomic E-state index is -0.434. The number of halogens is 1. The van der Waals surface area contributed by atoms with Crippen LogP contribution < -0.4 is 21.1 Å². The van der Waals surface area contributed by atoms with Crippen LogP contribution in [0.15, 0.2) is 65.3 Å². The van der Waals surface area contributed by atoms with E-state index in [4.69, 9.17) is 10.5 Å². The summed E-state index contributed by atoms with van der Waals surface area (Å²) in [6.45, 7) is 1.78. The molecule has 5 N–H and O–H groups in total. The highest BCUT2D eigenvalue weighted by molar-refractivity contribution is 5.95. The summed E-state index contributed by atoms with van der Waals surface area (Å²) in [6, 6.07) is 18.5. The van der Waals surface area contributed by atoms with Crippen molar-refractivity contribution >= 4 is 22.5 Å². The van der Waals surface area contributed by atoms with Crippen molar-refractivity contribution in [2.75, 3.05) is 18.8 Å². The molecule has 0 unspecified atom stereocenters. The Bertz CT molecular complexity index is 1230. The van der Waals surface area contributed by atoms with Crippen molar-refractivity contribution in [3.05, 3.63) is 83.3 Å². The SMILES string of the molecule is Nc1nonc1C(=O)NCC[NH2+]Cc1c(OCc2ccccc2F)ccc2ccccc12. The molecule has 4 rings (SSSR count). The molecule has 0 spiro atoms. The first kappa shape index (κ1) is 21.3. The number of quaternary nitrogens is 1. The Hall–Kier alpha value is -3.98. The number of nitrogens with two attached hydrogens (primary N) is 2. The number of hydrogen-bond donors (Lipinski definition) is 3. The molecule has 9 heteroatoms. The van der Waals surface area contributed by atoms with Crippen molar-refractivity contribution in [2.45, 2.75) is 13.2 Å². The number of anilines is 1. The number of aromatic nitrogens is 2. The molecule has 3 aromatic carbocycles. The number of carbonyl (C=O) groups excluding carboxylic acids is 1. The molecule has 0 aliphatic heterocycles. The Labute approximate surface area is 183 Å². The minimum Gasteiger partial charge on any atom is -0.488 e. The van der Waals surface area contributed by atoms with Gasteiger partial charge in [0.15, 0.2) is 0 Å². The Morgan fingerprint density at radius 2 is 1.91 bits per heavy atom. The Morgan fingerprint density at radius 1 is 1.09 bits per heavy atom. The summed E-state index contributed by atoms with van der Waals surface area (Å²) in [4.78, 5) is 12.0. The van der Waals surface area contributed by atoms with E-state index in [1.807, 2.05) is 36.4 Å². The van der Waals surface area contributed by atoms with Crippen molar-refractivity contribution in [2.24, 2.45) is 0 Å². The van der Waals surface area contributed by atoms with E-state index in [0.29, 0.717) is 30.9 Å². The maximum Gasteiger partial charge on any atom is 0.277 e. The molecule has 32 heavy (non-hydrogen) atoms. The van der Waals surface area contributed by atoms with Gasteiger partial charge in [0.2, 0.25) is 11.5 Å². The summed E-state index contributed by atoms with van der Waals surface area (Å²) >= 11 is 0. The molecule has 0 saturated carbocycles. The molecule has 0 aliphatic rings. The lowest BCUT2D eigenvalue weighted by molar-refractivity contribution is -0.668. The van der Waals surface area contributed by atoms with Gasteiger partial charge < -0.3 is 21.1 Å². The third kappa shape index (κ3) is 4.84. The number of carbonyl (C=O) groups is 1. The van der Waals surface area contributed by atoms with E-state index in [0.717, 1.165) is 16.3 Å². The molecule has 1 amide bonds. The second-order valence-corrected chi connectivity index (χ2v) is 7.18. The fraction of sp³-hybridized carbons (Fsp3) is 0.174. The molecule has 164 valence electrons. The first-order valence-electron chi connectivity index (χ1n) is 10.2. The van der Waals surface area contributed by atoms with E-state index in [-0.39, 0.29) is 23.9 Å². The summed E-state index contributed by atoms with van der Waals surface area (Å²) in [6.07, 6.45) is 0. The van der Waals surface area contributed by atoms with Crippen LogP contribution in [0, 0.1) is 5.82 Å². The smallest absolute Gasteiger partial charge is 0.277 e. The van der Waals surface area contributed by atoms with Crippen LogP contribution in [0.2, 0.25) is 0 Å². The van der Waals surface area contributed by atoms with Crippen LogP contribution in [0.1, 0.15) is 21.6 Å². The average Bonchev–Trinajstić information content (AvgIpc) is 3.24. The number of ether oxygens (including phenoxy) is 1. The van der Waals surface area contributed by atoms with Crippen LogP contribution in [0.25, 0.3) is 10.8 Å². The maximum absolute atomic E-state index is 14.0. The molecule has 0 saturated heterocycles. The number of rotatable bonds is 9. The maximum atomic E-state index is 14.0. The van der Waals surface area contributed by atoms with Gasteiger partial charge in [-0.25, -0.2) is 9.02 Å². The predicted octanol–water partition coefficient (Wildman–Crippen LogP) is 2.02. The Balaban J connectivity index is 1.41. The van der Waals surface area contributed by atoms with E-state index in [1.165, 1.54) is 6.07 Å². The minimum absolute atomic E-state index is 0.0251. The van der Waals surface area contributed by atoms with Gasteiger partial charge in [0.05, 0.1) is 18.7 Å². The van der Waals surface area contributed by atoms with E-state index in [9.17, 15) is 9.18 Å². The normalized spacial score (nSPS) is 10.9. The van der Waals surface area contributed by atoms with Crippen molar-refractivity contribution < 1.29 is 23.9 Å². The largest absolute Gasteiger partial charge is 0.488 e. The van der Waals surface area contributed by atoms with Crippen LogP contribution >= 0.6 is 0 Å². The quantitative estimate of drug-likeness (QED) is 0.345. The lowest BCUT2D eigenvalue weighted by Crippen LogP contribution is -2.84. The van der Waals surface area contributed by atoms with E-state index >= 15 is 0 Å². The molecule has 0 aliphatic carbocycles. The van der Waals surface area contributed by atoms with Crippen LogP contribution in [-0.2, 0) is 13.2 Å². The highest BCUT2D eigenvalue weighted by Gasteiger charge is 2.16. The molecular weight excluding hydrogens is 413 g/mol. The molecule has 0 bridgehead atoms. The summed E-state index contributed by atoms with van der Waals surface area (Å²) in [5.41, 5.74) is 7.01. The predicted molar refractivity (Wildman–Crippen MR) is 116 cm³/mol. The molecule has 0 fully saturated rings. The van der Waals surface area contributed by atoms with Crippen molar-refractivity contribution in [1.29, 1.82) is 0 Å². The second kappa shape index (κ2) is 9.88. The molecule has 1 aromatic heterocycles. The standard InChI is InChI=1S/C23H22FN5O3/c24-19-8-4-2-6-16(19)14-31-20-10-9-15-5-1-3-7-17(15)18(20)13-26-11-12-27-23(30)21-22(25)29-32-28-21/h1-10,26H,11-14H2,(H2,25,29)(H,27,30)/p+1. The zero-order valence-corrected chi connectivity index (χ0v) is 17.3. The lowest BCUT2D eigenvalue weighted by Gasteiger charge is -2.14. The first-order valence-corrected chi connectivity index (χ1v) is 10.2. The topological polar surface area (TPSA) is 120 Å². The van der Waals surface area contributed by atoms with Gasteiger partial charge >= 0.3 is 0 Å². The monoisotopic (exact) mass is 436 g/mol. The van der Waals surface area contributed by atoms with Crippen LogP contribution in [0.3, 0.4) is 0 Å². The van der Waals surface area contributed by atoms with E-state index < -0.39 is 5.91 Å². The first-order chi connectivity index (χ1) is 15.6. The number of hydrogen-bond acceptors (Lipinski definition) is 6. The Kier molecular flexibility index (Phi) is 6.57. The summed E-state index contributed by atoms with van der Waals surface area (Å²) in [7, 11) is 0. The molecule has 0 radical (unpaired) electrons. The van der Waals surface area contributed by atoms with Gasteiger partial charge in [0.1, 0.15) is 24.7 Å². The summed E-state index contributed by atoms with van der Waals surface area (Å²) in [5.74, 6) is -0.0659. The van der Waals surface area contributed by atoms with Crippen molar-refractivity contribution in [1.82, 2.24) is 15.6 Å². The molecular formula is C23H23FN5O3+. The van der Waals surface area contributed by atoms with Crippen molar-refractivity contribution in [3.63, 3.8) is 0 Å². The lowest BCUT2D eigenvalue weighted by atomic mass is 10.0. The fourth-order valence-corrected chi connectivity index (χ4v) is 3.40. The summed E-state index contributed by atoms with van der Waals surface area (Å²) in [5, 5.41) is 13.8. The van der Waals surface area contributed by atoms with Gasteiger partial charge in [-0.05, 0) is 33.2 Å². The third-order valence-corrected chi connectivity index (χ3v) is 5.05. The van der Waals surface area contributed by atoms with Crippen LogP contribution in [0.5, 0.6) is 5.75 Å². The number of nitrogens with zero attached hydrogens (tertiary/aromatic N) is 2. The van der Waals surface area contributed by atoms with Gasteiger partial charge in [-0.1, -0.05) is 48.5 Å². The zero-order valence-electron chi connectivity index (χ0n) is 17.3. The van der Waals surface area contributed by atoms with Crippen LogP contribution in [0.4, 0.5) is 10.2 Å². The van der Waals surface area contributed by atoms with Gasteiger partial charge in [0.25, 0.3) is 5.91 Å². The molecule has 4 aromatic rings. The number of nitrogen functional groups attached to an aromatic ring is 1. The molecule has 8 nitrogen and oxygen atoms in total. The van der Waals surface area contributed by atoms with Crippen LogP contribution in [-0.4, -0.2) is 29.3 Å². The zero-order chi connectivity index (χ0) is 22.3. The molecule has 0 atom stereocenters. The van der Waals surface area contributed by atoms with E-state index in [2.05, 4.69) is 25.6 Å². The highest BCUT2D eigenvalue weighted by Crippen LogP contribution is 2.28. The highest BCUT2D eigenvalue weighted by atomic mass is 19.1. The van der Waals surface area contributed by atoms with Gasteiger partial charge in [-0.15, -0.1) is 0 Å². The van der Waals surface area contributed by atoms with Gasteiger partial charge in [0, 0.05) is 5.56 Å². The average molecular weight is 436 g/mol. The third-order valence-electron chi connectivity index (χ3n) is 5.05. The van der Waals surface area contributed by atoms with Gasteiger partial charge in [-0.3, -0.25) is 4.79 Å². The fourth-order valence-electron chi connectivity index (χ4n) is 3.40.